The third kappa shape index (κ3) is 3.02. The van der Waals surface area contributed by atoms with E-state index in [0.717, 1.165) is 0 Å². The van der Waals surface area contributed by atoms with Crippen LogP contribution in [0.1, 0.15) is 20.3 Å². The second-order valence-electron chi connectivity index (χ2n) is 5.96. The first-order valence-electron chi connectivity index (χ1n) is 7.31. The zero-order chi connectivity index (χ0) is 14.0. The molecule has 2 heteroatoms. The van der Waals surface area contributed by atoms with Gasteiger partial charge in [-0.15, -0.1) is 0 Å². The molecular formula is C18H21OSi. The van der Waals surface area contributed by atoms with Gasteiger partial charge in [-0.2, -0.15) is 0 Å². The molecule has 2 aromatic rings. The summed E-state index contributed by atoms with van der Waals surface area (Å²) < 4.78 is 5.74. The predicted octanol–water partition coefficient (Wildman–Crippen LogP) is 2.86. The smallest absolute Gasteiger partial charge is 0.121 e. The Labute approximate surface area is 123 Å². The minimum absolute atomic E-state index is 0.111. The maximum absolute atomic E-state index is 5.74. The second-order valence-corrected chi connectivity index (χ2v) is 8.57. The summed E-state index contributed by atoms with van der Waals surface area (Å²) in [5.74, 6) is 0. The van der Waals surface area contributed by atoms with E-state index in [1.807, 2.05) is 0 Å². The molecule has 0 aromatic heterocycles. The molecule has 1 fully saturated rings. The minimum atomic E-state index is -0.685. The van der Waals surface area contributed by atoms with E-state index >= 15 is 0 Å². The highest BCUT2D eigenvalue weighted by Gasteiger charge is 2.47. The van der Waals surface area contributed by atoms with Gasteiger partial charge in [0.25, 0.3) is 0 Å². The SMILES string of the molecule is CC1(C)OC1CC[Si](c1ccccc1)c1ccccc1. The number of hydrogen-bond acceptors (Lipinski definition) is 1. The van der Waals surface area contributed by atoms with Gasteiger partial charge >= 0.3 is 0 Å². The molecule has 0 spiro atoms. The number of hydrogen-bond donors (Lipinski definition) is 0. The third-order valence-corrected chi connectivity index (χ3v) is 6.91. The van der Waals surface area contributed by atoms with Gasteiger partial charge in [0.05, 0.1) is 11.7 Å². The average molecular weight is 281 g/mol. The number of rotatable bonds is 5. The molecule has 0 amide bonds. The van der Waals surface area contributed by atoms with Gasteiger partial charge in [0, 0.05) is 0 Å². The Balaban J connectivity index is 1.78. The van der Waals surface area contributed by atoms with E-state index in [0.29, 0.717) is 6.10 Å². The van der Waals surface area contributed by atoms with E-state index in [1.54, 1.807) is 0 Å². The Morgan fingerprint density at radius 1 is 0.900 bits per heavy atom. The highest BCUT2D eigenvalue weighted by atomic mass is 28.3. The van der Waals surface area contributed by atoms with Crippen molar-refractivity contribution in [2.75, 3.05) is 0 Å². The van der Waals surface area contributed by atoms with Crippen LogP contribution in [0, 0.1) is 0 Å². The number of ether oxygens (including phenoxy) is 1. The lowest BCUT2D eigenvalue weighted by Crippen LogP contribution is -2.42. The first kappa shape index (κ1) is 13.6. The quantitative estimate of drug-likeness (QED) is 0.606. The van der Waals surface area contributed by atoms with E-state index in [9.17, 15) is 0 Å². The standard InChI is InChI=1S/C18H21OSi/c1-18(2)17(19-18)13-14-20(15-9-5-3-6-10-15)16-11-7-4-8-12-16/h3-12,17H,13-14H2,1-2H3. The molecule has 20 heavy (non-hydrogen) atoms. The van der Waals surface area contributed by atoms with Gasteiger partial charge in [-0.25, -0.2) is 0 Å². The van der Waals surface area contributed by atoms with Gasteiger partial charge in [0.15, 0.2) is 0 Å². The molecular weight excluding hydrogens is 260 g/mol. The summed E-state index contributed by atoms with van der Waals surface area (Å²) in [4.78, 5) is 0. The molecule has 0 saturated carbocycles. The monoisotopic (exact) mass is 281 g/mol. The van der Waals surface area contributed by atoms with Crippen molar-refractivity contribution in [3.8, 4) is 0 Å². The van der Waals surface area contributed by atoms with Crippen molar-refractivity contribution < 1.29 is 4.74 Å². The summed E-state index contributed by atoms with van der Waals surface area (Å²) >= 11 is 0. The zero-order valence-corrected chi connectivity index (χ0v) is 13.2. The lowest BCUT2D eigenvalue weighted by atomic mass is 10.1. The average Bonchev–Trinajstić information content (AvgIpc) is 3.09. The van der Waals surface area contributed by atoms with Crippen LogP contribution in [-0.4, -0.2) is 20.5 Å². The van der Waals surface area contributed by atoms with Crippen LogP contribution in [0.2, 0.25) is 6.04 Å². The van der Waals surface area contributed by atoms with Gasteiger partial charge in [-0.05, 0) is 26.3 Å². The molecule has 1 radical (unpaired) electrons. The summed E-state index contributed by atoms with van der Waals surface area (Å²) in [5, 5.41) is 3.00. The molecule has 1 aliphatic heterocycles. The number of benzene rings is 2. The lowest BCUT2D eigenvalue weighted by molar-refractivity contribution is 0.322. The van der Waals surface area contributed by atoms with E-state index in [1.165, 1.54) is 22.8 Å². The van der Waals surface area contributed by atoms with Crippen molar-refractivity contribution in [3.63, 3.8) is 0 Å². The first-order valence-corrected chi connectivity index (χ1v) is 9.02. The van der Waals surface area contributed by atoms with Crippen molar-refractivity contribution in [1.82, 2.24) is 0 Å². The number of epoxide rings is 1. The molecule has 1 saturated heterocycles. The van der Waals surface area contributed by atoms with E-state index < -0.39 is 8.80 Å². The van der Waals surface area contributed by atoms with Gasteiger partial charge in [0.2, 0.25) is 0 Å². The maximum Gasteiger partial charge on any atom is 0.121 e. The molecule has 1 nitrogen and oxygen atoms in total. The van der Waals surface area contributed by atoms with E-state index in [-0.39, 0.29) is 5.60 Å². The second kappa shape index (κ2) is 5.55. The van der Waals surface area contributed by atoms with Gasteiger partial charge in [-0.3, -0.25) is 0 Å². The lowest BCUT2D eigenvalue weighted by Gasteiger charge is -2.15. The van der Waals surface area contributed by atoms with E-state index in [2.05, 4.69) is 74.5 Å². The largest absolute Gasteiger partial charge is 0.367 e. The molecule has 1 heterocycles. The van der Waals surface area contributed by atoms with E-state index in [4.69, 9.17) is 4.74 Å². The molecule has 3 rings (SSSR count). The fourth-order valence-corrected chi connectivity index (χ4v) is 5.40. The Morgan fingerprint density at radius 2 is 1.35 bits per heavy atom. The van der Waals surface area contributed by atoms with Crippen LogP contribution >= 0.6 is 0 Å². The third-order valence-electron chi connectivity index (χ3n) is 4.07. The van der Waals surface area contributed by atoms with Crippen molar-refractivity contribution >= 4 is 19.2 Å². The predicted molar refractivity (Wildman–Crippen MR) is 86.3 cm³/mol. The van der Waals surface area contributed by atoms with Crippen molar-refractivity contribution in [1.29, 1.82) is 0 Å². The molecule has 0 aliphatic carbocycles. The molecule has 1 unspecified atom stereocenters. The highest BCUT2D eigenvalue weighted by Crippen LogP contribution is 2.38. The maximum atomic E-state index is 5.74. The Kier molecular flexibility index (Phi) is 3.77. The fraction of sp³-hybridized carbons (Fsp3) is 0.333. The van der Waals surface area contributed by atoms with Crippen LogP contribution in [-0.2, 0) is 4.74 Å². The Hall–Kier alpha value is -1.38. The fourth-order valence-electron chi connectivity index (χ4n) is 2.75. The molecule has 2 aromatic carbocycles. The summed E-state index contributed by atoms with van der Waals surface area (Å²) in [6, 6.07) is 23.2. The van der Waals surface area contributed by atoms with Crippen LogP contribution in [0.15, 0.2) is 60.7 Å². The van der Waals surface area contributed by atoms with Crippen LogP contribution in [0.25, 0.3) is 0 Å². The van der Waals surface area contributed by atoms with Crippen LogP contribution < -0.4 is 10.4 Å². The molecule has 0 bridgehead atoms. The van der Waals surface area contributed by atoms with Crippen molar-refractivity contribution in [2.24, 2.45) is 0 Å². The Morgan fingerprint density at radius 3 is 1.75 bits per heavy atom. The Bertz CT molecular complexity index is 511. The summed E-state index contributed by atoms with van der Waals surface area (Å²) in [6.07, 6.45) is 1.63. The highest BCUT2D eigenvalue weighted by molar-refractivity contribution is 6.85. The summed E-state index contributed by atoms with van der Waals surface area (Å²) in [5.41, 5.74) is 0.111. The van der Waals surface area contributed by atoms with Gasteiger partial charge in [-0.1, -0.05) is 71.0 Å². The molecule has 0 N–H and O–H groups in total. The molecule has 1 aliphatic rings. The molecule has 103 valence electrons. The van der Waals surface area contributed by atoms with Crippen LogP contribution in [0.3, 0.4) is 0 Å². The molecule has 1 atom stereocenters. The first-order chi connectivity index (χ1) is 9.67. The van der Waals surface area contributed by atoms with Crippen LogP contribution in [0.4, 0.5) is 0 Å². The summed E-state index contributed by atoms with van der Waals surface area (Å²) in [6.45, 7) is 4.38. The zero-order valence-electron chi connectivity index (χ0n) is 12.2. The van der Waals surface area contributed by atoms with Crippen molar-refractivity contribution in [2.45, 2.75) is 38.0 Å². The van der Waals surface area contributed by atoms with Crippen molar-refractivity contribution in [3.05, 3.63) is 60.7 Å². The topological polar surface area (TPSA) is 12.5 Å². The minimum Gasteiger partial charge on any atom is -0.367 e. The van der Waals surface area contributed by atoms with Gasteiger partial charge < -0.3 is 4.74 Å². The van der Waals surface area contributed by atoms with Crippen LogP contribution in [0.5, 0.6) is 0 Å². The normalized spacial score (nSPS) is 20.1. The van der Waals surface area contributed by atoms with Gasteiger partial charge in [0.1, 0.15) is 8.80 Å². The summed E-state index contributed by atoms with van der Waals surface area (Å²) in [7, 11) is -0.685.